The summed E-state index contributed by atoms with van der Waals surface area (Å²) in [6, 6.07) is 0. The van der Waals surface area contributed by atoms with Gasteiger partial charge in [0.2, 0.25) is 5.91 Å². The topological polar surface area (TPSA) is 134 Å². The SMILES string of the molecule is NC(=O)C(O)C(O)c1ncc(C(=O)O)s1. The van der Waals surface area contributed by atoms with E-state index in [0.717, 1.165) is 6.20 Å². The summed E-state index contributed by atoms with van der Waals surface area (Å²) in [5.74, 6) is -2.30. The van der Waals surface area contributed by atoms with Crippen molar-refractivity contribution in [2.24, 2.45) is 5.73 Å². The number of primary amides is 1. The van der Waals surface area contributed by atoms with Crippen LogP contribution in [0.2, 0.25) is 0 Å². The van der Waals surface area contributed by atoms with E-state index in [4.69, 9.17) is 15.9 Å². The summed E-state index contributed by atoms with van der Waals surface area (Å²) in [7, 11) is 0. The number of thiazole rings is 1. The van der Waals surface area contributed by atoms with Crippen LogP contribution in [0.25, 0.3) is 0 Å². The van der Waals surface area contributed by atoms with Gasteiger partial charge in [-0.15, -0.1) is 11.3 Å². The minimum absolute atomic E-state index is 0.0706. The van der Waals surface area contributed by atoms with Crippen molar-refractivity contribution in [1.82, 2.24) is 4.98 Å². The zero-order valence-electron chi connectivity index (χ0n) is 7.32. The molecule has 0 bridgehead atoms. The van der Waals surface area contributed by atoms with Crippen LogP contribution in [0.4, 0.5) is 0 Å². The Balaban J connectivity index is 2.87. The molecule has 0 saturated carbocycles. The van der Waals surface area contributed by atoms with Crippen molar-refractivity contribution in [3.63, 3.8) is 0 Å². The van der Waals surface area contributed by atoms with E-state index in [1.54, 1.807) is 0 Å². The molecule has 15 heavy (non-hydrogen) atoms. The number of nitrogens with zero attached hydrogens (tertiary/aromatic N) is 1. The number of carboxylic acids is 1. The first-order chi connectivity index (χ1) is 6.93. The van der Waals surface area contributed by atoms with Crippen molar-refractivity contribution >= 4 is 23.2 Å². The molecule has 1 aromatic rings. The smallest absolute Gasteiger partial charge is 0.347 e. The lowest BCUT2D eigenvalue weighted by molar-refractivity contribution is -0.131. The lowest BCUT2D eigenvalue weighted by atomic mass is 10.2. The van der Waals surface area contributed by atoms with Crippen molar-refractivity contribution in [3.8, 4) is 0 Å². The normalized spacial score (nSPS) is 14.5. The van der Waals surface area contributed by atoms with E-state index < -0.39 is 24.1 Å². The molecule has 5 N–H and O–H groups in total. The fourth-order valence-electron chi connectivity index (χ4n) is 0.814. The maximum absolute atomic E-state index is 10.5. The molecule has 0 aliphatic rings. The summed E-state index contributed by atoms with van der Waals surface area (Å²) in [6.07, 6.45) is -2.36. The molecule has 0 radical (unpaired) electrons. The number of carbonyl (C=O) groups is 2. The third-order valence-electron chi connectivity index (χ3n) is 1.58. The van der Waals surface area contributed by atoms with Crippen LogP contribution in [0.15, 0.2) is 6.20 Å². The van der Waals surface area contributed by atoms with E-state index in [2.05, 4.69) is 4.98 Å². The first kappa shape index (κ1) is 11.6. The molecule has 1 rings (SSSR count). The van der Waals surface area contributed by atoms with Crippen molar-refractivity contribution < 1.29 is 24.9 Å². The van der Waals surface area contributed by atoms with E-state index in [-0.39, 0.29) is 9.88 Å². The van der Waals surface area contributed by atoms with Gasteiger partial charge in [-0.3, -0.25) is 4.79 Å². The molecule has 1 amide bonds. The minimum Gasteiger partial charge on any atom is -0.477 e. The van der Waals surface area contributed by atoms with Crippen LogP contribution in [-0.2, 0) is 4.79 Å². The molecule has 7 nitrogen and oxygen atoms in total. The second-order valence-electron chi connectivity index (χ2n) is 2.66. The van der Waals surface area contributed by atoms with Gasteiger partial charge in [-0.25, -0.2) is 9.78 Å². The van der Waals surface area contributed by atoms with Crippen LogP contribution in [0.3, 0.4) is 0 Å². The summed E-state index contributed by atoms with van der Waals surface area (Å²) >= 11 is 0.666. The van der Waals surface area contributed by atoms with Crippen LogP contribution in [0.1, 0.15) is 20.8 Å². The Bertz CT molecular complexity index is 390. The van der Waals surface area contributed by atoms with Gasteiger partial charge in [0, 0.05) is 0 Å². The van der Waals surface area contributed by atoms with Gasteiger partial charge in [-0.1, -0.05) is 0 Å². The summed E-state index contributed by atoms with van der Waals surface area (Å²) in [4.78, 5) is 24.5. The van der Waals surface area contributed by atoms with Gasteiger partial charge in [0.15, 0.2) is 6.10 Å². The van der Waals surface area contributed by atoms with Crippen LogP contribution in [0.5, 0.6) is 0 Å². The van der Waals surface area contributed by atoms with E-state index in [1.165, 1.54) is 0 Å². The average Bonchev–Trinajstić information content (AvgIpc) is 2.64. The monoisotopic (exact) mass is 232 g/mol. The van der Waals surface area contributed by atoms with Crippen LogP contribution in [0, 0.1) is 0 Å². The van der Waals surface area contributed by atoms with Gasteiger partial charge >= 0.3 is 5.97 Å². The molecule has 0 aliphatic heterocycles. The maximum Gasteiger partial charge on any atom is 0.347 e. The molecule has 8 heteroatoms. The van der Waals surface area contributed by atoms with Gasteiger partial charge in [-0.2, -0.15) is 0 Å². The highest BCUT2D eigenvalue weighted by Gasteiger charge is 2.26. The number of rotatable bonds is 4. The number of carbonyl (C=O) groups excluding carboxylic acids is 1. The van der Waals surface area contributed by atoms with Gasteiger partial charge in [-0.05, 0) is 0 Å². The predicted octanol–water partition coefficient (Wildman–Crippen LogP) is -1.28. The maximum atomic E-state index is 10.5. The molecule has 0 aliphatic carbocycles. The Morgan fingerprint density at radius 3 is 2.47 bits per heavy atom. The average molecular weight is 232 g/mol. The number of aromatic carboxylic acids is 1. The van der Waals surface area contributed by atoms with Crippen LogP contribution in [-0.4, -0.2) is 38.3 Å². The zero-order valence-corrected chi connectivity index (χ0v) is 8.14. The Morgan fingerprint density at radius 1 is 1.47 bits per heavy atom. The molecule has 82 valence electrons. The van der Waals surface area contributed by atoms with Gasteiger partial charge in [0.25, 0.3) is 0 Å². The second-order valence-corrected chi connectivity index (χ2v) is 3.72. The number of aliphatic hydroxyl groups is 2. The molecule has 0 spiro atoms. The lowest BCUT2D eigenvalue weighted by Gasteiger charge is -2.11. The molecule has 0 saturated heterocycles. The van der Waals surface area contributed by atoms with E-state index in [0.29, 0.717) is 11.3 Å². The Hall–Kier alpha value is -1.51. The predicted molar refractivity (Wildman–Crippen MR) is 49.2 cm³/mol. The third kappa shape index (κ3) is 2.49. The molecule has 1 aromatic heterocycles. The Labute approximate surface area is 87.8 Å². The molecule has 2 unspecified atom stereocenters. The fraction of sp³-hybridized carbons (Fsp3) is 0.286. The number of aromatic nitrogens is 1. The highest BCUT2D eigenvalue weighted by atomic mass is 32.1. The molecular formula is C7H8N2O5S. The summed E-state index contributed by atoms with van der Waals surface area (Å²) in [6.45, 7) is 0. The standard InChI is InChI=1S/C7H8N2O5S/c8-5(12)3(10)4(11)6-9-1-2(15-6)7(13)14/h1,3-4,10-11H,(H2,8,12)(H,13,14). The van der Waals surface area contributed by atoms with E-state index in [9.17, 15) is 14.7 Å². The number of hydrogen-bond donors (Lipinski definition) is 4. The summed E-state index contributed by atoms with van der Waals surface area (Å²) in [5.41, 5.74) is 4.75. The van der Waals surface area contributed by atoms with Crippen molar-refractivity contribution in [2.45, 2.75) is 12.2 Å². The first-order valence-electron chi connectivity index (χ1n) is 3.78. The van der Waals surface area contributed by atoms with Crippen LogP contribution < -0.4 is 5.73 Å². The van der Waals surface area contributed by atoms with E-state index in [1.807, 2.05) is 0 Å². The van der Waals surface area contributed by atoms with E-state index >= 15 is 0 Å². The molecule has 2 atom stereocenters. The number of hydrogen-bond acceptors (Lipinski definition) is 6. The van der Waals surface area contributed by atoms with Gasteiger partial charge in [0.1, 0.15) is 16.0 Å². The van der Waals surface area contributed by atoms with Gasteiger partial charge in [0.05, 0.1) is 6.20 Å². The molecule has 1 heterocycles. The molecule has 0 aromatic carbocycles. The number of amides is 1. The highest BCUT2D eigenvalue weighted by molar-refractivity contribution is 7.13. The molecule has 0 fully saturated rings. The van der Waals surface area contributed by atoms with Crippen LogP contribution >= 0.6 is 11.3 Å². The number of nitrogens with two attached hydrogens (primary N) is 1. The van der Waals surface area contributed by atoms with Crippen molar-refractivity contribution in [2.75, 3.05) is 0 Å². The zero-order chi connectivity index (χ0) is 11.6. The second kappa shape index (κ2) is 4.34. The highest BCUT2D eigenvalue weighted by Crippen LogP contribution is 2.22. The Morgan fingerprint density at radius 2 is 2.07 bits per heavy atom. The van der Waals surface area contributed by atoms with Gasteiger partial charge < -0.3 is 21.1 Å². The summed E-state index contributed by atoms with van der Waals surface area (Å²) < 4.78 is 0. The molecular weight excluding hydrogens is 224 g/mol. The number of aliphatic hydroxyl groups excluding tert-OH is 2. The minimum atomic E-state index is -1.79. The number of carboxylic acid groups (broad SMARTS) is 1. The lowest BCUT2D eigenvalue weighted by Crippen LogP contribution is -2.33. The Kier molecular flexibility index (Phi) is 3.35. The fourth-order valence-corrected chi connectivity index (χ4v) is 1.59. The van der Waals surface area contributed by atoms with Crippen molar-refractivity contribution in [3.05, 3.63) is 16.1 Å². The summed E-state index contributed by atoms with van der Waals surface area (Å²) in [5, 5.41) is 26.9. The largest absolute Gasteiger partial charge is 0.477 e. The quantitative estimate of drug-likeness (QED) is 0.511. The van der Waals surface area contributed by atoms with Crippen molar-refractivity contribution in [1.29, 1.82) is 0 Å². The third-order valence-corrected chi connectivity index (χ3v) is 2.63. The first-order valence-corrected chi connectivity index (χ1v) is 4.59.